The van der Waals surface area contributed by atoms with Crippen molar-refractivity contribution < 1.29 is 9.53 Å². The molecule has 94 valence electrons. The van der Waals surface area contributed by atoms with Gasteiger partial charge in [-0.1, -0.05) is 49.2 Å². The van der Waals surface area contributed by atoms with Gasteiger partial charge in [0, 0.05) is 0 Å². The zero-order chi connectivity index (χ0) is 12.7. The first kappa shape index (κ1) is 13.8. The van der Waals surface area contributed by atoms with E-state index in [9.17, 15) is 4.79 Å². The second-order valence-electron chi connectivity index (χ2n) is 3.85. The molecule has 4 heteroatoms. The number of alkyl halides is 1. The molecule has 0 radical (unpaired) electrons. The number of unbranched alkanes of at least 4 members (excludes halogenated alkanes) is 1. The van der Waals surface area contributed by atoms with Gasteiger partial charge in [0.05, 0.1) is 6.61 Å². The Morgan fingerprint density at radius 3 is 2.82 bits per heavy atom. The number of ether oxygens (including phenoxy) is 1. The van der Waals surface area contributed by atoms with E-state index in [1.54, 1.807) is 0 Å². The van der Waals surface area contributed by atoms with Crippen LogP contribution >= 0.6 is 11.6 Å². The van der Waals surface area contributed by atoms with E-state index in [0.717, 1.165) is 24.0 Å². The topological polar surface area (TPSA) is 38.3 Å². The van der Waals surface area contributed by atoms with Gasteiger partial charge in [-0.05, 0) is 24.5 Å². The highest BCUT2D eigenvalue weighted by atomic mass is 35.5. The minimum atomic E-state index is -0.551. The fraction of sp³-hybridized carbons (Fsp3) is 0.462. The summed E-state index contributed by atoms with van der Waals surface area (Å²) in [7, 11) is 0. The Morgan fingerprint density at radius 1 is 1.47 bits per heavy atom. The smallest absolute Gasteiger partial charge is 0.408 e. The van der Waals surface area contributed by atoms with Crippen LogP contribution in [-0.4, -0.2) is 12.7 Å². The Kier molecular flexibility index (Phi) is 5.84. The van der Waals surface area contributed by atoms with Crippen molar-refractivity contribution in [3.05, 3.63) is 35.4 Å². The first-order valence-electron chi connectivity index (χ1n) is 5.78. The van der Waals surface area contributed by atoms with Crippen molar-refractivity contribution in [1.82, 2.24) is 5.32 Å². The maximum Gasteiger partial charge on any atom is 0.408 e. The Bertz CT molecular complexity index is 368. The summed E-state index contributed by atoms with van der Waals surface area (Å²) in [5.74, 6) is 0. The van der Waals surface area contributed by atoms with E-state index in [0.29, 0.717) is 6.61 Å². The molecule has 0 aliphatic rings. The zero-order valence-electron chi connectivity index (χ0n) is 10.2. The van der Waals surface area contributed by atoms with Crippen LogP contribution in [-0.2, 0) is 4.74 Å². The molecule has 1 aromatic rings. The number of alkyl carbamates (subject to hydrolysis) is 1. The summed E-state index contributed by atoms with van der Waals surface area (Å²) >= 11 is 6.11. The van der Waals surface area contributed by atoms with Gasteiger partial charge in [0.2, 0.25) is 0 Å². The molecular weight excluding hydrogens is 238 g/mol. The number of aryl methyl sites for hydroxylation is 1. The highest BCUT2D eigenvalue weighted by molar-refractivity contribution is 6.21. The third-order valence-corrected chi connectivity index (χ3v) is 2.78. The molecule has 0 aliphatic heterocycles. The summed E-state index contributed by atoms with van der Waals surface area (Å²) in [5, 5.41) is 2.60. The van der Waals surface area contributed by atoms with Gasteiger partial charge in [-0.15, -0.1) is 0 Å². The molecule has 1 atom stereocenters. The minimum absolute atomic E-state index is 0.430. The van der Waals surface area contributed by atoms with Crippen LogP contribution in [0.25, 0.3) is 0 Å². The van der Waals surface area contributed by atoms with E-state index in [1.165, 1.54) is 0 Å². The van der Waals surface area contributed by atoms with Crippen molar-refractivity contribution in [3.8, 4) is 0 Å². The lowest BCUT2D eigenvalue weighted by atomic mass is 10.1. The molecule has 0 saturated carbocycles. The largest absolute Gasteiger partial charge is 0.450 e. The number of carbonyl (C=O) groups is 1. The number of nitrogens with one attached hydrogen (secondary N) is 1. The van der Waals surface area contributed by atoms with Gasteiger partial charge >= 0.3 is 6.09 Å². The summed E-state index contributed by atoms with van der Waals surface area (Å²) in [6.07, 6.45) is 1.39. The number of carbonyl (C=O) groups excluding carboxylic acids is 1. The highest BCUT2D eigenvalue weighted by Gasteiger charge is 2.13. The first-order valence-corrected chi connectivity index (χ1v) is 6.21. The van der Waals surface area contributed by atoms with E-state index in [1.807, 2.05) is 38.1 Å². The number of hydrogen-bond donors (Lipinski definition) is 1. The first-order chi connectivity index (χ1) is 8.15. The summed E-state index contributed by atoms with van der Waals surface area (Å²) < 4.78 is 4.98. The molecule has 0 saturated heterocycles. The molecule has 0 aromatic heterocycles. The van der Waals surface area contributed by atoms with Crippen molar-refractivity contribution >= 4 is 17.7 Å². The van der Waals surface area contributed by atoms with Crippen molar-refractivity contribution in [2.45, 2.75) is 32.2 Å². The summed E-state index contributed by atoms with van der Waals surface area (Å²) in [6.45, 7) is 4.42. The van der Waals surface area contributed by atoms with Crippen LogP contribution in [0.5, 0.6) is 0 Å². The number of amides is 1. The van der Waals surface area contributed by atoms with Gasteiger partial charge in [-0.3, -0.25) is 0 Å². The average molecular weight is 256 g/mol. The van der Waals surface area contributed by atoms with E-state index >= 15 is 0 Å². The number of benzene rings is 1. The van der Waals surface area contributed by atoms with Crippen LogP contribution in [0.2, 0.25) is 0 Å². The maximum absolute atomic E-state index is 11.4. The Balaban J connectivity index is 2.46. The van der Waals surface area contributed by atoms with Crippen molar-refractivity contribution in [2.75, 3.05) is 6.61 Å². The summed E-state index contributed by atoms with van der Waals surface area (Å²) in [4.78, 5) is 11.4. The highest BCUT2D eigenvalue weighted by Crippen LogP contribution is 2.20. The van der Waals surface area contributed by atoms with Crippen LogP contribution < -0.4 is 5.32 Å². The van der Waals surface area contributed by atoms with Gasteiger partial charge in [-0.2, -0.15) is 0 Å². The van der Waals surface area contributed by atoms with Crippen LogP contribution in [0.15, 0.2) is 24.3 Å². The monoisotopic (exact) mass is 255 g/mol. The Hall–Kier alpha value is -1.22. The fourth-order valence-corrected chi connectivity index (χ4v) is 1.74. The summed E-state index contributed by atoms with van der Waals surface area (Å²) in [6, 6.07) is 7.66. The molecular formula is C13H18ClNO2. The maximum atomic E-state index is 11.4. The lowest BCUT2D eigenvalue weighted by Gasteiger charge is -2.14. The molecule has 0 heterocycles. The van der Waals surface area contributed by atoms with Gasteiger partial charge in [0.15, 0.2) is 0 Å². The Morgan fingerprint density at radius 2 is 2.18 bits per heavy atom. The lowest BCUT2D eigenvalue weighted by Crippen LogP contribution is -2.26. The van der Waals surface area contributed by atoms with Crippen LogP contribution in [0.4, 0.5) is 4.79 Å². The molecule has 0 bridgehead atoms. The number of halogens is 1. The molecule has 1 amide bonds. The molecule has 1 rings (SSSR count). The summed E-state index contributed by atoms with van der Waals surface area (Å²) in [5.41, 5.74) is 1.38. The second kappa shape index (κ2) is 7.17. The molecule has 0 spiro atoms. The van der Waals surface area contributed by atoms with Crippen molar-refractivity contribution in [1.29, 1.82) is 0 Å². The average Bonchev–Trinajstić information content (AvgIpc) is 2.29. The SMILES string of the molecule is CCCCOC(=O)NC(Cl)c1ccccc1C. The lowest BCUT2D eigenvalue weighted by molar-refractivity contribution is 0.143. The number of hydrogen-bond acceptors (Lipinski definition) is 2. The molecule has 1 N–H and O–H groups in total. The predicted octanol–water partition coefficient (Wildman–Crippen LogP) is 3.76. The molecule has 1 unspecified atom stereocenters. The van der Waals surface area contributed by atoms with Crippen LogP contribution in [0, 0.1) is 6.92 Å². The van der Waals surface area contributed by atoms with Crippen LogP contribution in [0.1, 0.15) is 36.4 Å². The van der Waals surface area contributed by atoms with Gasteiger partial charge in [0.25, 0.3) is 0 Å². The van der Waals surface area contributed by atoms with Crippen molar-refractivity contribution in [2.24, 2.45) is 0 Å². The van der Waals surface area contributed by atoms with E-state index < -0.39 is 11.6 Å². The van der Waals surface area contributed by atoms with Gasteiger partial charge < -0.3 is 10.1 Å². The molecule has 1 aromatic carbocycles. The van der Waals surface area contributed by atoms with Gasteiger partial charge in [0.1, 0.15) is 5.50 Å². The second-order valence-corrected chi connectivity index (χ2v) is 4.29. The Labute approximate surface area is 107 Å². The zero-order valence-corrected chi connectivity index (χ0v) is 11.0. The predicted molar refractivity (Wildman–Crippen MR) is 69.2 cm³/mol. The third kappa shape index (κ3) is 4.65. The van der Waals surface area contributed by atoms with E-state index in [2.05, 4.69) is 5.32 Å². The molecule has 17 heavy (non-hydrogen) atoms. The molecule has 0 fully saturated rings. The third-order valence-electron chi connectivity index (χ3n) is 2.44. The standard InChI is InChI=1S/C13H18ClNO2/c1-3-4-9-17-13(16)15-12(14)11-8-6-5-7-10(11)2/h5-8,12H,3-4,9H2,1-2H3,(H,15,16). The molecule has 0 aliphatic carbocycles. The molecule has 3 nitrogen and oxygen atoms in total. The number of rotatable bonds is 5. The fourth-order valence-electron chi connectivity index (χ4n) is 1.40. The quantitative estimate of drug-likeness (QED) is 0.494. The normalized spacial score (nSPS) is 11.9. The minimum Gasteiger partial charge on any atom is -0.450 e. The van der Waals surface area contributed by atoms with Crippen molar-refractivity contribution in [3.63, 3.8) is 0 Å². The van der Waals surface area contributed by atoms with Gasteiger partial charge in [-0.25, -0.2) is 4.79 Å². The van der Waals surface area contributed by atoms with Crippen LogP contribution in [0.3, 0.4) is 0 Å². The van der Waals surface area contributed by atoms with E-state index in [4.69, 9.17) is 16.3 Å². The van der Waals surface area contributed by atoms with E-state index in [-0.39, 0.29) is 0 Å².